The van der Waals surface area contributed by atoms with E-state index in [0.717, 1.165) is 17.5 Å². The van der Waals surface area contributed by atoms with Gasteiger partial charge in [-0.25, -0.2) is 0 Å². The molecule has 0 saturated heterocycles. The van der Waals surface area contributed by atoms with Crippen LogP contribution in [0.3, 0.4) is 0 Å². The predicted molar refractivity (Wildman–Crippen MR) is 89.0 cm³/mol. The van der Waals surface area contributed by atoms with Crippen molar-refractivity contribution in [3.63, 3.8) is 0 Å². The monoisotopic (exact) mass is 279 g/mol. The van der Waals surface area contributed by atoms with Gasteiger partial charge in [-0.1, -0.05) is 54.1 Å². The summed E-state index contributed by atoms with van der Waals surface area (Å²) in [7, 11) is 0. The highest BCUT2D eigenvalue weighted by molar-refractivity contribution is 5.83. The van der Waals surface area contributed by atoms with E-state index in [2.05, 4.69) is 37.0 Å². The molecule has 0 aliphatic carbocycles. The molecule has 0 aliphatic rings. The second kappa shape index (κ2) is 7.44. The van der Waals surface area contributed by atoms with Gasteiger partial charge in [0.05, 0.1) is 6.54 Å². The van der Waals surface area contributed by atoms with E-state index in [9.17, 15) is 5.11 Å². The van der Waals surface area contributed by atoms with Crippen LogP contribution in [0.25, 0.3) is 0 Å². The van der Waals surface area contributed by atoms with E-state index < -0.39 is 0 Å². The Morgan fingerprint density at radius 1 is 1.05 bits per heavy atom. The molecule has 0 atom stereocenters. The second-order valence-electron chi connectivity index (χ2n) is 5.29. The van der Waals surface area contributed by atoms with Crippen molar-refractivity contribution in [3.05, 3.63) is 76.9 Å². The fraction of sp³-hybridized carbons (Fsp3) is 0.211. The second-order valence-corrected chi connectivity index (χ2v) is 5.29. The van der Waals surface area contributed by atoms with E-state index >= 15 is 0 Å². The third kappa shape index (κ3) is 4.60. The number of hydrogen-bond acceptors (Lipinski definition) is 2. The quantitative estimate of drug-likeness (QED) is 0.633. The lowest BCUT2D eigenvalue weighted by Gasteiger charge is -2.06. The summed E-state index contributed by atoms with van der Waals surface area (Å²) < 4.78 is 0. The number of phenols is 1. The largest absolute Gasteiger partial charge is 0.508 e. The van der Waals surface area contributed by atoms with Crippen LogP contribution in [0.1, 0.15) is 30.5 Å². The molecule has 2 nitrogen and oxygen atoms in total. The van der Waals surface area contributed by atoms with Crippen molar-refractivity contribution in [3.8, 4) is 5.75 Å². The smallest absolute Gasteiger partial charge is 0.119 e. The number of rotatable bonds is 5. The summed E-state index contributed by atoms with van der Waals surface area (Å²) in [6.45, 7) is 4.77. The number of aromatic hydroxyl groups is 1. The summed E-state index contributed by atoms with van der Waals surface area (Å²) in [5, 5.41) is 10.0. The van der Waals surface area contributed by atoms with Crippen LogP contribution in [0, 0.1) is 0 Å². The highest BCUT2D eigenvalue weighted by Gasteiger charge is 2.04. The molecule has 0 spiro atoms. The van der Waals surface area contributed by atoms with E-state index in [0.29, 0.717) is 12.3 Å². The van der Waals surface area contributed by atoms with Gasteiger partial charge in [0.2, 0.25) is 0 Å². The van der Waals surface area contributed by atoms with Crippen molar-refractivity contribution in [1.29, 1.82) is 0 Å². The molecule has 0 aliphatic heterocycles. The molecule has 0 bridgehead atoms. The standard InChI is InChI=1S/C19H21NO/c1-15(2)11-12-18-17(9-6-10-19(18)21)14-20-13-16-7-4-3-5-8-16/h3-11,14,21H,12-13H2,1-2H3. The topological polar surface area (TPSA) is 32.6 Å². The van der Waals surface area contributed by atoms with Gasteiger partial charge < -0.3 is 5.11 Å². The fourth-order valence-electron chi connectivity index (χ4n) is 2.07. The Morgan fingerprint density at radius 3 is 2.52 bits per heavy atom. The van der Waals surface area contributed by atoms with Crippen LogP contribution in [-0.2, 0) is 13.0 Å². The molecule has 0 amide bonds. The SMILES string of the molecule is CC(C)=CCc1c(O)cccc1C=NCc1ccccc1. The number of hydrogen-bond donors (Lipinski definition) is 1. The lowest BCUT2D eigenvalue weighted by Crippen LogP contribution is -1.93. The first kappa shape index (κ1) is 15.0. The maximum atomic E-state index is 10.0. The highest BCUT2D eigenvalue weighted by Crippen LogP contribution is 2.21. The first-order valence-electron chi connectivity index (χ1n) is 7.15. The molecule has 2 aromatic carbocycles. The third-order valence-electron chi connectivity index (χ3n) is 3.25. The van der Waals surface area contributed by atoms with E-state index in [-0.39, 0.29) is 0 Å². The Bertz CT molecular complexity index is 638. The summed E-state index contributed by atoms with van der Waals surface area (Å²) in [4.78, 5) is 4.48. The first-order chi connectivity index (χ1) is 10.2. The minimum absolute atomic E-state index is 0.330. The average Bonchev–Trinajstić information content (AvgIpc) is 2.47. The highest BCUT2D eigenvalue weighted by atomic mass is 16.3. The van der Waals surface area contributed by atoms with Crippen LogP contribution in [-0.4, -0.2) is 11.3 Å². The Morgan fingerprint density at radius 2 is 1.81 bits per heavy atom. The van der Waals surface area contributed by atoms with Gasteiger partial charge in [0.25, 0.3) is 0 Å². The number of aliphatic imine (C=N–C) groups is 1. The van der Waals surface area contributed by atoms with Gasteiger partial charge in [-0.15, -0.1) is 0 Å². The number of phenolic OH excluding ortho intramolecular Hbond substituents is 1. The molecule has 108 valence electrons. The van der Waals surface area contributed by atoms with Crippen LogP contribution < -0.4 is 0 Å². The van der Waals surface area contributed by atoms with Gasteiger partial charge in [0, 0.05) is 11.8 Å². The van der Waals surface area contributed by atoms with Crippen molar-refractivity contribution in [2.45, 2.75) is 26.8 Å². The van der Waals surface area contributed by atoms with Crippen LogP contribution in [0.5, 0.6) is 5.75 Å². The van der Waals surface area contributed by atoms with Gasteiger partial charge in [-0.2, -0.15) is 0 Å². The summed E-state index contributed by atoms with van der Waals surface area (Å²) in [6.07, 6.45) is 4.69. The maximum absolute atomic E-state index is 10.0. The summed E-state index contributed by atoms with van der Waals surface area (Å²) >= 11 is 0. The lowest BCUT2D eigenvalue weighted by molar-refractivity contribution is 0.469. The van der Waals surface area contributed by atoms with E-state index in [1.54, 1.807) is 6.07 Å². The van der Waals surface area contributed by atoms with Gasteiger partial charge in [-0.05, 0) is 37.5 Å². The lowest BCUT2D eigenvalue weighted by atomic mass is 10.0. The van der Waals surface area contributed by atoms with Crippen molar-refractivity contribution in [2.24, 2.45) is 4.99 Å². The zero-order valence-corrected chi connectivity index (χ0v) is 12.6. The molecule has 0 fully saturated rings. The predicted octanol–water partition coefficient (Wildman–Crippen LogP) is 4.52. The van der Waals surface area contributed by atoms with Gasteiger partial charge in [0.1, 0.15) is 5.75 Å². The van der Waals surface area contributed by atoms with Crippen LogP contribution in [0.4, 0.5) is 0 Å². The summed E-state index contributed by atoms with van der Waals surface area (Å²) in [5.41, 5.74) is 4.32. The van der Waals surface area contributed by atoms with Crippen LogP contribution in [0.15, 0.2) is 65.2 Å². The molecule has 2 rings (SSSR count). The van der Waals surface area contributed by atoms with Crippen molar-refractivity contribution in [1.82, 2.24) is 0 Å². The van der Waals surface area contributed by atoms with Gasteiger partial charge in [0.15, 0.2) is 0 Å². The van der Waals surface area contributed by atoms with Crippen molar-refractivity contribution >= 4 is 6.21 Å². The third-order valence-corrected chi connectivity index (χ3v) is 3.25. The van der Waals surface area contributed by atoms with E-state index in [1.165, 1.54) is 11.1 Å². The number of nitrogens with zero attached hydrogens (tertiary/aromatic N) is 1. The Balaban J connectivity index is 2.15. The molecule has 0 unspecified atom stereocenters. The number of benzene rings is 2. The molecule has 0 aromatic heterocycles. The molecule has 0 saturated carbocycles. The van der Waals surface area contributed by atoms with E-state index in [1.807, 2.05) is 36.5 Å². The van der Waals surface area contributed by atoms with E-state index in [4.69, 9.17) is 0 Å². The Labute approximate surface area is 126 Å². The minimum atomic E-state index is 0.330. The first-order valence-corrected chi connectivity index (χ1v) is 7.15. The molecular weight excluding hydrogens is 258 g/mol. The fourth-order valence-corrected chi connectivity index (χ4v) is 2.07. The zero-order valence-electron chi connectivity index (χ0n) is 12.6. The molecule has 2 heteroatoms. The molecule has 2 aromatic rings. The summed E-state index contributed by atoms with van der Waals surface area (Å²) in [6, 6.07) is 15.7. The van der Waals surface area contributed by atoms with Gasteiger partial charge >= 0.3 is 0 Å². The molecule has 0 radical (unpaired) electrons. The van der Waals surface area contributed by atoms with Crippen LogP contribution >= 0.6 is 0 Å². The Kier molecular flexibility index (Phi) is 5.33. The summed E-state index contributed by atoms with van der Waals surface area (Å²) in [5.74, 6) is 0.330. The van der Waals surface area contributed by atoms with Crippen LogP contribution in [0.2, 0.25) is 0 Å². The maximum Gasteiger partial charge on any atom is 0.119 e. The van der Waals surface area contributed by atoms with Crippen molar-refractivity contribution < 1.29 is 5.11 Å². The number of allylic oxidation sites excluding steroid dienone is 2. The molecular formula is C19H21NO. The van der Waals surface area contributed by atoms with Gasteiger partial charge in [-0.3, -0.25) is 4.99 Å². The Hall–Kier alpha value is -2.35. The normalized spacial score (nSPS) is 10.8. The molecule has 0 heterocycles. The van der Waals surface area contributed by atoms with Crippen molar-refractivity contribution in [2.75, 3.05) is 0 Å². The molecule has 21 heavy (non-hydrogen) atoms. The molecule has 1 N–H and O–H groups in total. The zero-order chi connectivity index (χ0) is 15.1. The minimum Gasteiger partial charge on any atom is -0.508 e. The average molecular weight is 279 g/mol.